The average Bonchev–Trinajstić information content (AvgIpc) is 3.16. The van der Waals surface area contributed by atoms with Gasteiger partial charge in [0.2, 0.25) is 0 Å². The highest BCUT2D eigenvalue weighted by atomic mass is 127. The minimum absolute atomic E-state index is 0. The van der Waals surface area contributed by atoms with Crippen LogP contribution in [0.3, 0.4) is 0 Å². The largest absolute Gasteiger partial charge is 0.369 e. The Labute approximate surface area is 191 Å². The van der Waals surface area contributed by atoms with E-state index >= 15 is 0 Å². The maximum absolute atomic E-state index is 12.3. The summed E-state index contributed by atoms with van der Waals surface area (Å²) >= 11 is 6.10. The average molecular weight is 533 g/mol. The summed E-state index contributed by atoms with van der Waals surface area (Å²) in [5.74, 6) is 1.29. The predicted molar refractivity (Wildman–Crippen MR) is 130 cm³/mol. The van der Waals surface area contributed by atoms with Crippen molar-refractivity contribution in [1.29, 1.82) is 0 Å². The lowest BCUT2D eigenvalue weighted by atomic mass is 10.3. The van der Waals surface area contributed by atoms with Crippen molar-refractivity contribution >= 4 is 58.0 Å². The molecule has 2 N–H and O–H groups in total. The molecule has 1 saturated heterocycles. The third-order valence-electron chi connectivity index (χ3n) is 4.51. The zero-order chi connectivity index (χ0) is 19.1. The third kappa shape index (κ3) is 6.63. The van der Waals surface area contributed by atoms with Crippen LogP contribution >= 0.6 is 35.6 Å². The van der Waals surface area contributed by atoms with E-state index in [1.165, 1.54) is 0 Å². The van der Waals surface area contributed by atoms with Crippen molar-refractivity contribution in [3.63, 3.8) is 0 Å². The van der Waals surface area contributed by atoms with E-state index in [4.69, 9.17) is 11.6 Å². The van der Waals surface area contributed by atoms with Gasteiger partial charge in [-0.3, -0.25) is 9.20 Å². The maximum Gasteiger partial charge on any atom is 0.191 e. The Balaban J connectivity index is 0.00000280. The first-order chi connectivity index (χ1) is 13.2. The van der Waals surface area contributed by atoms with Crippen molar-refractivity contribution in [2.24, 2.45) is 4.99 Å². The van der Waals surface area contributed by atoms with Crippen LogP contribution in [0.2, 0.25) is 5.02 Å². The summed E-state index contributed by atoms with van der Waals surface area (Å²) in [6, 6.07) is 17.8. The minimum Gasteiger partial charge on any atom is -0.369 e. The Hall–Kier alpha value is -1.32. The molecule has 0 aromatic heterocycles. The number of rotatable bonds is 6. The number of guanidine groups is 1. The topological polar surface area (TPSA) is 56.7 Å². The van der Waals surface area contributed by atoms with Gasteiger partial charge in [0.1, 0.15) is 0 Å². The fraction of sp³-hybridized carbons (Fsp3) is 0.350. The van der Waals surface area contributed by atoms with Gasteiger partial charge in [0.05, 0.1) is 10.8 Å². The number of aliphatic imine (C=N–C) groups is 1. The Kier molecular flexibility index (Phi) is 9.53. The third-order valence-corrected chi connectivity index (χ3v) is 6.12. The lowest BCUT2D eigenvalue weighted by Gasteiger charge is -2.20. The number of hydrogen-bond acceptors (Lipinski definition) is 3. The molecule has 2 unspecified atom stereocenters. The van der Waals surface area contributed by atoms with Crippen molar-refractivity contribution in [2.45, 2.75) is 17.4 Å². The molecule has 0 spiro atoms. The normalized spacial score (nSPS) is 17.7. The quantitative estimate of drug-likeness (QED) is 0.340. The fourth-order valence-corrected chi connectivity index (χ4v) is 4.29. The highest BCUT2D eigenvalue weighted by molar-refractivity contribution is 14.0. The van der Waals surface area contributed by atoms with Gasteiger partial charge in [-0.05, 0) is 36.8 Å². The van der Waals surface area contributed by atoms with Crippen LogP contribution in [0.25, 0.3) is 0 Å². The summed E-state index contributed by atoms with van der Waals surface area (Å²) in [4.78, 5) is 7.47. The van der Waals surface area contributed by atoms with Crippen LogP contribution in [-0.4, -0.2) is 48.6 Å². The Morgan fingerprint density at radius 3 is 2.75 bits per heavy atom. The standard InChI is InChI=1S/C20H25ClN4OS.HI/c1-22-20(23-11-13-27(26)19-8-3-2-4-9-19)24-17-10-12-25(15-17)18-7-5-6-16(21)14-18;/h2-9,14,17H,10-13,15H2,1H3,(H2,22,23,24);1H. The van der Waals surface area contributed by atoms with Gasteiger partial charge in [-0.1, -0.05) is 35.9 Å². The number of halogens is 2. The highest BCUT2D eigenvalue weighted by Gasteiger charge is 2.23. The first kappa shape index (κ1) is 23.0. The summed E-state index contributed by atoms with van der Waals surface area (Å²) in [5, 5.41) is 7.48. The fourth-order valence-electron chi connectivity index (χ4n) is 3.13. The second-order valence-electron chi connectivity index (χ2n) is 6.42. The van der Waals surface area contributed by atoms with E-state index in [0.717, 1.165) is 41.1 Å². The van der Waals surface area contributed by atoms with Gasteiger partial charge in [0.25, 0.3) is 0 Å². The lowest BCUT2D eigenvalue weighted by molar-refractivity contribution is 0.650. The molecule has 2 atom stereocenters. The molecule has 0 radical (unpaired) electrons. The molecule has 152 valence electrons. The van der Waals surface area contributed by atoms with E-state index in [2.05, 4.69) is 26.6 Å². The molecule has 2 aromatic rings. The van der Waals surface area contributed by atoms with Gasteiger partial charge in [-0.2, -0.15) is 0 Å². The highest BCUT2D eigenvalue weighted by Crippen LogP contribution is 2.23. The summed E-state index contributed by atoms with van der Waals surface area (Å²) in [6.45, 7) is 2.48. The van der Waals surface area contributed by atoms with Gasteiger partial charge in [-0.25, -0.2) is 0 Å². The van der Waals surface area contributed by atoms with Crippen LogP contribution in [0.15, 0.2) is 64.5 Å². The van der Waals surface area contributed by atoms with Crippen molar-refractivity contribution in [3.05, 3.63) is 59.6 Å². The van der Waals surface area contributed by atoms with Crippen molar-refractivity contribution in [3.8, 4) is 0 Å². The van der Waals surface area contributed by atoms with Gasteiger partial charge >= 0.3 is 0 Å². The molecule has 0 amide bonds. The summed E-state index contributed by atoms with van der Waals surface area (Å²) in [7, 11) is 0.752. The first-order valence-corrected chi connectivity index (χ1v) is 10.8. The predicted octanol–water partition coefficient (Wildman–Crippen LogP) is 3.51. The Bertz CT molecular complexity index is 806. The van der Waals surface area contributed by atoms with Gasteiger partial charge in [-0.15, -0.1) is 24.0 Å². The van der Waals surface area contributed by atoms with Gasteiger partial charge in [0, 0.05) is 54.1 Å². The van der Waals surface area contributed by atoms with Gasteiger partial charge in [0.15, 0.2) is 5.96 Å². The molecule has 1 fully saturated rings. The second kappa shape index (κ2) is 11.6. The molecule has 5 nitrogen and oxygen atoms in total. The van der Waals surface area contributed by atoms with E-state index in [0.29, 0.717) is 18.3 Å². The van der Waals surface area contributed by atoms with Gasteiger partial charge < -0.3 is 15.5 Å². The molecular formula is C20H26ClIN4OS. The number of hydrogen-bond donors (Lipinski definition) is 2. The van der Waals surface area contributed by atoms with Crippen LogP contribution in [0.1, 0.15) is 6.42 Å². The Morgan fingerprint density at radius 1 is 1.25 bits per heavy atom. The van der Waals surface area contributed by atoms with Crippen LogP contribution in [0, 0.1) is 0 Å². The summed E-state index contributed by atoms with van der Waals surface area (Å²) in [5.41, 5.74) is 1.15. The molecular weight excluding hydrogens is 507 g/mol. The van der Waals surface area contributed by atoms with E-state index < -0.39 is 10.8 Å². The van der Waals surface area contributed by atoms with E-state index in [9.17, 15) is 4.21 Å². The maximum atomic E-state index is 12.3. The number of anilines is 1. The molecule has 0 bridgehead atoms. The zero-order valence-corrected chi connectivity index (χ0v) is 19.7. The molecule has 8 heteroatoms. The van der Waals surface area contributed by atoms with Crippen LogP contribution < -0.4 is 15.5 Å². The smallest absolute Gasteiger partial charge is 0.191 e. The molecule has 0 aliphatic carbocycles. The number of benzene rings is 2. The number of nitrogens with one attached hydrogen (secondary N) is 2. The van der Waals surface area contributed by atoms with Crippen LogP contribution in [-0.2, 0) is 10.8 Å². The molecule has 0 saturated carbocycles. The molecule has 1 aliphatic rings. The summed E-state index contributed by atoms with van der Waals surface area (Å²) in [6.07, 6.45) is 1.03. The minimum atomic E-state index is -1.00. The van der Waals surface area contributed by atoms with Crippen LogP contribution in [0.4, 0.5) is 5.69 Å². The van der Waals surface area contributed by atoms with Crippen LogP contribution in [0.5, 0.6) is 0 Å². The molecule has 1 aliphatic heterocycles. The molecule has 3 rings (SSSR count). The van der Waals surface area contributed by atoms with E-state index in [1.807, 2.05) is 48.5 Å². The summed E-state index contributed by atoms with van der Waals surface area (Å²) < 4.78 is 12.3. The monoisotopic (exact) mass is 532 g/mol. The SMILES string of the molecule is CN=C(NCCS(=O)c1ccccc1)NC1CCN(c2cccc(Cl)c2)C1.I. The van der Waals surface area contributed by atoms with E-state index in [1.54, 1.807) is 7.05 Å². The molecule has 1 heterocycles. The number of nitrogens with zero attached hydrogens (tertiary/aromatic N) is 2. The second-order valence-corrected chi connectivity index (χ2v) is 8.42. The Morgan fingerprint density at radius 2 is 2.04 bits per heavy atom. The molecule has 2 aromatic carbocycles. The first-order valence-electron chi connectivity index (χ1n) is 9.07. The van der Waals surface area contributed by atoms with Crippen molar-refractivity contribution < 1.29 is 4.21 Å². The van der Waals surface area contributed by atoms with Crippen molar-refractivity contribution in [2.75, 3.05) is 37.3 Å². The zero-order valence-electron chi connectivity index (χ0n) is 15.8. The molecule has 28 heavy (non-hydrogen) atoms. The lowest BCUT2D eigenvalue weighted by Crippen LogP contribution is -2.45. The van der Waals surface area contributed by atoms with Crippen molar-refractivity contribution in [1.82, 2.24) is 10.6 Å². The van der Waals surface area contributed by atoms with E-state index in [-0.39, 0.29) is 24.0 Å².